The van der Waals surface area contributed by atoms with E-state index in [0.717, 1.165) is 18.2 Å². The highest BCUT2D eigenvalue weighted by molar-refractivity contribution is 7.92. The number of sulfonamides is 1. The number of pyridine rings is 1. The van der Waals surface area contributed by atoms with Crippen molar-refractivity contribution in [1.29, 1.82) is 0 Å². The zero-order chi connectivity index (χ0) is 22.1. The van der Waals surface area contributed by atoms with E-state index in [1.165, 1.54) is 30.6 Å². The van der Waals surface area contributed by atoms with E-state index >= 15 is 0 Å². The number of rotatable bonds is 5. The van der Waals surface area contributed by atoms with Gasteiger partial charge in [0, 0.05) is 17.3 Å². The molecule has 3 aromatic rings. The van der Waals surface area contributed by atoms with Crippen LogP contribution in [0.5, 0.6) is 11.5 Å². The van der Waals surface area contributed by atoms with Gasteiger partial charge >= 0.3 is 6.18 Å². The molecule has 0 unspecified atom stereocenters. The fourth-order valence-electron chi connectivity index (χ4n) is 2.34. The normalized spacial score (nSPS) is 11.9. The van der Waals surface area contributed by atoms with Gasteiger partial charge in [-0.15, -0.1) is 0 Å². The molecular formula is C18H10Cl3F3N2O3S. The second-order valence-corrected chi connectivity index (χ2v) is 8.76. The van der Waals surface area contributed by atoms with Crippen LogP contribution in [0.15, 0.2) is 59.8 Å². The van der Waals surface area contributed by atoms with E-state index in [2.05, 4.69) is 9.71 Å². The predicted molar refractivity (Wildman–Crippen MR) is 108 cm³/mol. The lowest BCUT2D eigenvalue weighted by molar-refractivity contribution is -0.137. The van der Waals surface area contributed by atoms with E-state index in [-0.39, 0.29) is 31.5 Å². The Morgan fingerprint density at radius 2 is 1.67 bits per heavy atom. The van der Waals surface area contributed by atoms with Gasteiger partial charge in [-0.2, -0.15) is 13.2 Å². The van der Waals surface area contributed by atoms with Gasteiger partial charge in [0.25, 0.3) is 10.0 Å². The highest BCUT2D eigenvalue weighted by Crippen LogP contribution is 2.38. The minimum Gasteiger partial charge on any atom is -0.453 e. The minimum atomic E-state index is -4.71. The Morgan fingerprint density at radius 3 is 2.30 bits per heavy atom. The number of hydrogen-bond acceptors (Lipinski definition) is 4. The summed E-state index contributed by atoms with van der Waals surface area (Å²) in [5.41, 5.74) is -1.55. The summed E-state index contributed by atoms with van der Waals surface area (Å²) >= 11 is 17.5. The predicted octanol–water partition coefficient (Wildman–Crippen LogP) is 6.65. The van der Waals surface area contributed by atoms with Gasteiger partial charge in [0.15, 0.2) is 5.75 Å². The maximum atomic E-state index is 13.2. The first-order valence-corrected chi connectivity index (χ1v) is 10.5. The molecule has 0 saturated carbocycles. The summed E-state index contributed by atoms with van der Waals surface area (Å²) in [4.78, 5) is 3.43. The average Bonchev–Trinajstić information content (AvgIpc) is 2.61. The third-order valence-corrected chi connectivity index (χ3v) is 5.93. The molecule has 30 heavy (non-hydrogen) atoms. The second kappa shape index (κ2) is 8.50. The molecule has 3 rings (SSSR count). The quantitative estimate of drug-likeness (QED) is 0.428. The number of benzene rings is 2. The van der Waals surface area contributed by atoms with E-state index in [1.54, 1.807) is 0 Å². The van der Waals surface area contributed by atoms with Crippen LogP contribution in [0.2, 0.25) is 15.1 Å². The lowest BCUT2D eigenvalue weighted by atomic mass is 10.2. The largest absolute Gasteiger partial charge is 0.453 e. The minimum absolute atomic E-state index is 0.0900. The third kappa shape index (κ3) is 5.28. The summed E-state index contributed by atoms with van der Waals surface area (Å²) in [6.45, 7) is 0. The number of aromatic nitrogens is 1. The van der Waals surface area contributed by atoms with Crippen molar-refractivity contribution >= 4 is 50.5 Å². The third-order valence-electron chi connectivity index (χ3n) is 3.64. The van der Waals surface area contributed by atoms with Gasteiger partial charge in [0.1, 0.15) is 10.6 Å². The molecule has 12 heteroatoms. The molecule has 158 valence electrons. The van der Waals surface area contributed by atoms with E-state index in [4.69, 9.17) is 39.5 Å². The van der Waals surface area contributed by atoms with Crippen molar-refractivity contribution in [2.45, 2.75) is 11.1 Å². The molecule has 0 spiro atoms. The smallest absolute Gasteiger partial charge is 0.416 e. The van der Waals surface area contributed by atoms with Crippen LogP contribution in [0.4, 0.5) is 18.9 Å². The number of hydrogen-bond donors (Lipinski definition) is 1. The molecule has 1 aromatic heterocycles. The summed E-state index contributed by atoms with van der Waals surface area (Å²) < 4.78 is 72.5. The lowest BCUT2D eigenvalue weighted by Crippen LogP contribution is -2.15. The van der Waals surface area contributed by atoms with Gasteiger partial charge in [-0.1, -0.05) is 34.8 Å². The first-order valence-electron chi connectivity index (χ1n) is 7.93. The molecular weight excluding hydrogens is 488 g/mol. The summed E-state index contributed by atoms with van der Waals surface area (Å²) in [5, 5.41) is 0.202. The van der Waals surface area contributed by atoms with Crippen molar-refractivity contribution in [3.05, 3.63) is 75.5 Å². The Balaban J connectivity index is 2.06. The molecule has 0 radical (unpaired) electrons. The molecule has 1 heterocycles. The van der Waals surface area contributed by atoms with Crippen LogP contribution in [-0.4, -0.2) is 13.4 Å². The van der Waals surface area contributed by atoms with E-state index in [1.807, 2.05) is 0 Å². The Hall–Kier alpha value is -2.20. The molecule has 0 aliphatic heterocycles. The van der Waals surface area contributed by atoms with E-state index in [9.17, 15) is 21.6 Å². The zero-order valence-electron chi connectivity index (χ0n) is 14.5. The number of alkyl halides is 3. The Bertz CT molecular complexity index is 1200. The Morgan fingerprint density at radius 1 is 0.933 bits per heavy atom. The summed E-state index contributed by atoms with van der Waals surface area (Å²) in [6, 6.07) is 7.30. The van der Waals surface area contributed by atoms with Gasteiger partial charge in [-0.25, -0.2) is 8.42 Å². The molecule has 1 N–H and O–H groups in total. The van der Waals surface area contributed by atoms with Crippen molar-refractivity contribution in [3.8, 4) is 11.5 Å². The van der Waals surface area contributed by atoms with Crippen LogP contribution in [-0.2, 0) is 16.2 Å². The first-order chi connectivity index (χ1) is 14.0. The molecule has 2 aromatic carbocycles. The number of anilines is 1. The monoisotopic (exact) mass is 496 g/mol. The molecule has 0 fully saturated rings. The fraction of sp³-hybridized carbons (Fsp3) is 0.0556. The first kappa shape index (κ1) is 22.5. The zero-order valence-corrected chi connectivity index (χ0v) is 17.6. The van der Waals surface area contributed by atoms with Crippen molar-refractivity contribution < 1.29 is 26.3 Å². The number of nitrogens with zero attached hydrogens (tertiary/aromatic N) is 1. The molecule has 0 bridgehead atoms. The van der Waals surface area contributed by atoms with Crippen LogP contribution in [0, 0.1) is 0 Å². The lowest BCUT2D eigenvalue weighted by Gasteiger charge is -2.16. The maximum Gasteiger partial charge on any atom is 0.416 e. The van der Waals surface area contributed by atoms with E-state index in [0.29, 0.717) is 6.07 Å². The van der Waals surface area contributed by atoms with Gasteiger partial charge in [-0.05, 0) is 36.4 Å². The SMILES string of the molecule is O=S(=O)(Nc1cc(C(F)(F)F)ccc1Oc1cncc(Cl)c1)c1ccc(Cl)cc1Cl. The summed E-state index contributed by atoms with van der Waals surface area (Å²) in [6.07, 6.45) is -2.13. The van der Waals surface area contributed by atoms with Gasteiger partial charge < -0.3 is 4.74 Å². The summed E-state index contributed by atoms with van der Waals surface area (Å²) in [5.74, 6) is -0.118. The van der Waals surface area contributed by atoms with Crippen LogP contribution < -0.4 is 9.46 Å². The summed E-state index contributed by atoms with van der Waals surface area (Å²) in [7, 11) is -4.38. The van der Waals surface area contributed by atoms with Crippen LogP contribution in [0.1, 0.15) is 5.56 Å². The standard InChI is InChI=1S/C18H10Cl3F3N2O3S/c19-11-2-4-17(14(21)7-11)30(27,28)26-15-5-10(18(22,23)24)1-3-16(15)29-13-6-12(20)8-25-9-13/h1-9,26H. The van der Waals surface area contributed by atoms with Crippen molar-refractivity contribution in [2.75, 3.05) is 4.72 Å². The second-order valence-electron chi connectivity index (χ2n) is 5.83. The van der Waals surface area contributed by atoms with Gasteiger partial charge in [0.2, 0.25) is 0 Å². The van der Waals surface area contributed by atoms with Crippen LogP contribution in [0.3, 0.4) is 0 Å². The average molecular weight is 498 g/mol. The van der Waals surface area contributed by atoms with Crippen molar-refractivity contribution in [1.82, 2.24) is 4.98 Å². The molecule has 0 amide bonds. The maximum absolute atomic E-state index is 13.2. The van der Waals surface area contributed by atoms with Crippen LogP contribution in [0.25, 0.3) is 0 Å². The number of ether oxygens (including phenoxy) is 1. The fourth-order valence-corrected chi connectivity index (χ4v) is 4.34. The van der Waals surface area contributed by atoms with E-state index < -0.39 is 27.5 Å². The molecule has 5 nitrogen and oxygen atoms in total. The number of halogens is 6. The van der Waals surface area contributed by atoms with Crippen molar-refractivity contribution in [2.24, 2.45) is 0 Å². The topological polar surface area (TPSA) is 68.3 Å². The molecule has 0 aliphatic carbocycles. The molecule has 0 saturated heterocycles. The highest BCUT2D eigenvalue weighted by atomic mass is 35.5. The van der Waals surface area contributed by atoms with Gasteiger partial charge in [0.05, 0.1) is 27.5 Å². The van der Waals surface area contributed by atoms with Crippen molar-refractivity contribution in [3.63, 3.8) is 0 Å². The van der Waals surface area contributed by atoms with Gasteiger partial charge in [-0.3, -0.25) is 9.71 Å². The van der Waals surface area contributed by atoms with Crippen LogP contribution >= 0.6 is 34.8 Å². The molecule has 0 atom stereocenters. The highest BCUT2D eigenvalue weighted by Gasteiger charge is 2.32. The Kier molecular flexibility index (Phi) is 6.37. The Labute approximate surface area is 184 Å². The molecule has 0 aliphatic rings. The number of nitrogens with one attached hydrogen (secondary N) is 1.